The summed E-state index contributed by atoms with van der Waals surface area (Å²) < 4.78 is 16.6. The maximum atomic E-state index is 15.0. The Labute approximate surface area is 241 Å². The van der Waals surface area contributed by atoms with Crippen molar-refractivity contribution >= 4 is 74.5 Å². The first-order chi connectivity index (χ1) is 18.4. The van der Waals surface area contributed by atoms with Gasteiger partial charge in [-0.3, -0.25) is 4.79 Å². The van der Waals surface area contributed by atoms with Gasteiger partial charge in [-0.1, -0.05) is 16.5 Å². The van der Waals surface area contributed by atoms with Crippen molar-refractivity contribution in [3.05, 3.63) is 59.2 Å². The van der Waals surface area contributed by atoms with Gasteiger partial charge in [-0.25, -0.2) is 14.1 Å². The number of hydrogen-bond donors (Lipinski definition) is 2. The highest BCUT2D eigenvalue weighted by Gasteiger charge is 2.68. The molecule has 40 heavy (non-hydrogen) atoms. The number of rotatable bonds is 3. The van der Waals surface area contributed by atoms with Crippen LogP contribution in [0.2, 0.25) is 10.4 Å². The smallest absolute Gasteiger partial charge is 0.255 e. The van der Waals surface area contributed by atoms with Crippen LogP contribution < -0.4 is 10.2 Å². The van der Waals surface area contributed by atoms with Crippen LogP contribution in [0.5, 0.6) is 0 Å². The summed E-state index contributed by atoms with van der Waals surface area (Å²) in [6.07, 6.45) is 1.76. The number of benzene rings is 1. The molecule has 1 aromatic carbocycles. The summed E-state index contributed by atoms with van der Waals surface area (Å²) in [4.78, 5) is 19.6. The van der Waals surface area contributed by atoms with Gasteiger partial charge >= 0.3 is 0 Å². The molecule has 8 nitrogen and oxygen atoms in total. The van der Waals surface area contributed by atoms with Crippen LogP contribution in [0.3, 0.4) is 0 Å². The number of aromatic nitrogens is 3. The van der Waals surface area contributed by atoms with E-state index in [2.05, 4.69) is 62.3 Å². The van der Waals surface area contributed by atoms with Gasteiger partial charge < -0.3 is 15.3 Å². The molecule has 0 saturated carbocycles. The van der Waals surface area contributed by atoms with Crippen LogP contribution in [0, 0.1) is 17.1 Å². The highest BCUT2D eigenvalue weighted by Crippen LogP contribution is 2.64. The molecule has 1 atom stereocenters. The fourth-order valence-corrected chi connectivity index (χ4v) is 6.87. The summed E-state index contributed by atoms with van der Waals surface area (Å²) >= 11 is 0. The third-order valence-corrected chi connectivity index (χ3v) is 10.8. The summed E-state index contributed by atoms with van der Waals surface area (Å²) in [6.45, 7) is 2.08. The number of piperidine rings is 1. The first-order valence-corrected chi connectivity index (χ1v) is 13.5. The quantitative estimate of drug-likeness (QED) is 0.330. The Bertz CT molecular complexity index is 1590. The number of carbonyl (C=O) groups excluding carboxylic acids is 1. The highest BCUT2D eigenvalue weighted by molar-refractivity contribution is 6.65. The molecule has 1 saturated heterocycles. The third-order valence-electron chi connectivity index (χ3n) is 10.8. The van der Waals surface area contributed by atoms with E-state index in [0.717, 1.165) is 0 Å². The molecule has 2 aromatic heterocycles. The average molecular weight is 527 g/mol. The van der Waals surface area contributed by atoms with E-state index in [1.807, 2.05) is 34.8 Å². The molecule has 4 heterocycles. The molecule has 5 rings (SSSR count). The number of amides is 1. The maximum Gasteiger partial charge on any atom is 0.255 e. The largest absolute Gasteiger partial charge is 0.390 e. The average Bonchev–Trinajstić information content (AvgIpc) is 3.49. The van der Waals surface area contributed by atoms with E-state index in [1.165, 1.54) is 18.2 Å². The number of nitriles is 1. The molecule has 1 amide bonds. The van der Waals surface area contributed by atoms with E-state index in [4.69, 9.17) is 5.10 Å². The zero-order chi connectivity index (χ0) is 29.6. The fraction of sp³-hybridized carbons (Fsp3) is 0.304. The van der Waals surface area contributed by atoms with Crippen molar-refractivity contribution in [1.29, 1.82) is 5.26 Å². The molecule has 0 radical (unpaired) electrons. The summed E-state index contributed by atoms with van der Waals surface area (Å²) in [7, 11) is 17.0. The Morgan fingerprint density at radius 1 is 1.05 bits per heavy atom. The molecule has 0 aliphatic carbocycles. The van der Waals surface area contributed by atoms with Gasteiger partial charge in [-0.2, -0.15) is 10.4 Å². The van der Waals surface area contributed by atoms with Crippen LogP contribution in [0.4, 0.5) is 10.2 Å². The lowest BCUT2D eigenvalue weighted by Gasteiger charge is -2.75. The molecular formula is C23H29B8FN6O2. The topological polar surface area (TPSA) is 107 Å². The van der Waals surface area contributed by atoms with Crippen molar-refractivity contribution in [3.63, 3.8) is 0 Å². The van der Waals surface area contributed by atoms with Crippen molar-refractivity contribution < 1.29 is 14.3 Å². The number of fused-ring (bicyclic) bond motifs is 1. The maximum absolute atomic E-state index is 15.0. The predicted molar refractivity (Wildman–Crippen MR) is 175 cm³/mol. The van der Waals surface area contributed by atoms with Gasteiger partial charge in [0.05, 0.1) is 67.7 Å². The monoisotopic (exact) mass is 528 g/mol. The number of hydrogen-bond acceptors (Lipinski definition) is 6. The Hall–Kier alpha value is -3.25. The molecule has 0 spiro atoms. The number of carbonyl (C=O) groups is 1. The Kier molecular flexibility index (Phi) is 6.10. The zero-order valence-electron chi connectivity index (χ0n) is 24.6. The first-order valence-electron chi connectivity index (χ1n) is 13.5. The molecule has 1 fully saturated rings. The number of aliphatic hydroxyl groups is 1. The minimum absolute atomic E-state index is 0.0825. The molecule has 194 valence electrons. The molecule has 0 bridgehead atoms. The molecular weight excluding hydrogens is 498 g/mol. The van der Waals surface area contributed by atoms with Gasteiger partial charge in [0.1, 0.15) is 58.7 Å². The Morgan fingerprint density at radius 3 is 2.38 bits per heavy atom. The summed E-state index contributed by atoms with van der Waals surface area (Å²) in [5.41, 5.74) is 0.644. The van der Waals surface area contributed by atoms with E-state index < -0.39 is 27.3 Å². The van der Waals surface area contributed by atoms with Crippen molar-refractivity contribution in [2.75, 3.05) is 4.90 Å². The number of nitrogens with one attached hydrogen (secondary N) is 1. The molecule has 17 heteroatoms. The SMILES string of the molecule is BC1(B)N(c2ccn(-c3cc(-c4c(F)cccc4C#N)nc4c3C(=O)NC4)n2)C(B)(B)C(C)(O)C(B)(B)C1(B)B. The fourth-order valence-electron chi connectivity index (χ4n) is 6.87. The second-order valence-electron chi connectivity index (χ2n) is 13.2. The predicted octanol–water partition coefficient (Wildman–Crippen LogP) is -5.64. The summed E-state index contributed by atoms with van der Waals surface area (Å²) in [6, 6.07) is 9.83. The van der Waals surface area contributed by atoms with E-state index in [9.17, 15) is 19.6 Å². The standard InChI is InChI=1S/C23H29B8FN6O2/c1-19(40)20(24,25)21(26,27)23(30,31)38(22(19,28)29)15-5-6-37(36-15)14-7-12(35-13-9-34-18(39)17(13)14)16-10(8-33)3-2-4-11(16)32/h2-7,40H,9,24-31H2,1H3,(H,34,39). The lowest BCUT2D eigenvalue weighted by atomic mass is 9.12. The zero-order valence-corrected chi connectivity index (χ0v) is 24.6. The normalized spacial score (nSPS) is 23.6. The van der Waals surface area contributed by atoms with Crippen LogP contribution in [0.15, 0.2) is 36.5 Å². The summed E-state index contributed by atoms with van der Waals surface area (Å²) in [5.74, 6) is -0.229. The Morgan fingerprint density at radius 2 is 1.73 bits per heavy atom. The molecule has 2 aliphatic rings. The highest BCUT2D eigenvalue weighted by atomic mass is 19.1. The van der Waals surface area contributed by atoms with Crippen LogP contribution in [0.25, 0.3) is 16.9 Å². The molecule has 2 N–H and O–H groups in total. The molecule has 2 aliphatic heterocycles. The van der Waals surface area contributed by atoms with Crippen LogP contribution >= 0.6 is 0 Å². The van der Waals surface area contributed by atoms with Gasteiger partial charge in [0.2, 0.25) is 0 Å². The third kappa shape index (κ3) is 3.47. The van der Waals surface area contributed by atoms with Crippen LogP contribution in [-0.2, 0) is 6.54 Å². The second kappa shape index (κ2) is 8.62. The van der Waals surface area contributed by atoms with Gasteiger partial charge in [0.15, 0.2) is 0 Å². The van der Waals surface area contributed by atoms with Crippen molar-refractivity contribution in [3.8, 4) is 23.0 Å². The molecule has 3 aromatic rings. The van der Waals surface area contributed by atoms with Gasteiger partial charge in [0.25, 0.3) is 5.91 Å². The lowest BCUT2D eigenvalue weighted by molar-refractivity contribution is -0.00784. The van der Waals surface area contributed by atoms with E-state index >= 15 is 0 Å². The van der Waals surface area contributed by atoms with Crippen LogP contribution in [0.1, 0.15) is 28.5 Å². The summed E-state index contributed by atoms with van der Waals surface area (Å²) in [5, 5.41) is 27.5. The number of nitrogens with zero attached hydrogens (tertiary/aromatic N) is 5. The van der Waals surface area contributed by atoms with E-state index in [1.54, 1.807) is 16.9 Å². The van der Waals surface area contributed by atoms with Crippen LogP contribution in [-0.4, -0.2) is 105 Å². The first kappa shape index (κ1) is 28.3. The number of halogens is 1. The number of anilines is 1. The number of pyridine rings is 1. The minimum atomic E-state index is -1.10. The Balaban J connectivity index is 1.71. The van der Waals surface area contributed by atoms with Crippen molar-refractivity contribution in [1.82, 2.24) is 20.1 Å². The van der Waals surface area contributed by atoms with Gasteiger partial charge in [-0.15, -0.1) is 0 Å². The van der Waals surface area contributed by atoms with E-state index in [0.29, 0.717) is 22.8 Å². The van der Waals surface area contributed by atoms with Gasteiger partial charge in [-0.05, 0) is 30.5 Å². The molecule has 1 unspecified atom stereocenters. The van der Waals surface area contributed by atoms with E-state index in [-0.39, 0.29) is 34.5 Å². The van der Waals surface area contributed by atoms with Gasteiger partial charge in [0, 0.05) is 17.6 Å². The minimum Gasteiger partial charge on any atom is -0.390 e. The lowest BCUT2D eigenvalue weighted by Crippen LogP contribution is -2.84. The van der Waals surface area contributed by atoms with Crippen molar-refractivity contribution in [2.45, 2.75) is 40.2 Å². The van der Waals surface area contributed by atoms with Crippen molar-refractivity contribution in [2.24, 2.45) is 0 Å². The second-order valence-corrected chi connectivity index (χ2v) is 13.2.